The number of morpholine rings is 1. The van der Waals surface area contributed by atoms with Crippen molar-refractivity contribution in [1.82, 2.24) is 10.2 Å². The smallest absolute Gasteiger partial charge is 0.225 e. The van der Waals surface area contributed by atoms with Crippen molar-refractivity contribution in [3.8, 4) is 0 Å². The minimum Gasteiger partial charge on any atom is -0.371 e. The van der Waals surface area contributed by atoms with Crippen LogP contribution in [0.15, 0.2) is 0 Å². The topological polar surface area (TPSA) is 41.6 Å². The molecule has 1 amide bonds. The maximum absolute atomic E-state index is 11.7. The second-order valence-corrected chi connectivity index (χ2v) is 5.70. The molecule has 0 saturated carbocycles. The second-order valence-electron chi connectivity index (χ2n) is 5.70. The number of nitrogens with one attached hydrogen (secondary N) is 1. The van der Waals surface area contributed by atoms with Gasteiger partial charge in [0.15, 0.2) is 0 Å². The maximum atomic E-state index is 11.7. The van der Waals surface area contributed by atoms with Crippen molar-refractivity contribution < 1.29 is 9.53 Å². The molecule has 2 rings (SSSR count). The normalized spacial score (nSPS) is 33.1. The Labute approximate surface area is 104 Å². The van der Waals surface area contributed by atoms with E-state index in [1.807, 2.05) is 0 Å². The number of hydrogen-bond acceptors (Lipinski definition) is 3. The third-order valence-electron chi connectivity index (χ3n) is 3.84. The Balaban J connectivity index is 1.88. The molecule has 4 nitrogen and oxygen atoms in total. The summed E-state index contributed by atoms with van der Waals surface area (Å²) >= 11 is 0. The summed E-state index contributed by atoms with van der Waals surface area (Å²) in [6.45, 7) is 7.55. The third-order valence-corrected chi connectivity index (χ3v) is 3.84. The van der Waals surface area contributed by atoms with Crippen LogP contribution < -0.4 is 5.32 Å². The quantitative estimate of drug-likeness (QED) is 0.793. The first kappa shape index (κ1) is 12.8. The van der Waals surface area contributed by atoms with Crippen molar-refractivity contribution >= 4 is 5.91 Å². The molecule has 2 saturated heterocycles. The fourth-order valence-corrected chi connectivity index (χ4v) is 2.82. The van der Waals surface area contributed by atoms with E-state index < -0.39 is 0 Å². The molecule has 4 heteroatoms. The number of nitrogens with zero attached hydrogens (tertiary/aromatic N) is 1. The monoisotopic (exact) mass is 240 g/mol. The van der Waals surface area contributed by atoms with Crippen LogP contribution in [0.4, 0.5) is 0 Å². The van der Waals surface area contributed by atoms with Gasteiger partial charge in [-0.3, -0.25) is 9.69 Å². The molecule has 2 aliphatic rings. The SMILES string of the molecule is CNC(=O)C1CC2CN(CCC(C)C)CC1O2. The number of fused-ring (bicyclic) bond motifs is 2. The number of likely N-dealkylation sites (tertiary alicyclic amines) is 1. The van der Waals surface area contributed by atoms with Gasteiger partial charge in [0, 0.05) is 20.1 Å². The molecule has 0 aromatic heterocycles. The van der Waals surface area contributed by atoms with Crippen LogP contribution in [0.3, 0.4) is 0 Å². The van der Waals surface area contributed by atoms with Crippen LogP contribution >= 0.6 is 0 Å². The van der Waals surface area contributed by atoms with Gasteiger partial charge in [-0.2, -0.15) is 0 Å². The Bertz CT molecular complexity index is 281. The first-order valence-electron chi connectivity index (χ1n) is 6.69. The molecule has 1 N–H and O–H groups in total. The summed E-state index contributed by atoms with van der Waals surface area (Å²) in [5.41, 5.74) is 0. The largest absolute Gasteiger partial charge is 0.371 e. The van der Waals surface area contributed by atoms with E-state index in [0.29, 0.717) is 0 Å². The highest BCUT2D eigenvalue weighted by atomic mass is 16.5. The molecule has 2 fully saturated rings. The van der Waals surface area contributed by atoms with Gasteiger partial charge in [-0.1, -0.05) is 13.8 Å². The molecule has 98 valence electrons. The molecule has 0 spiro atoms. The van der Waals surface area contributed by atoms with Crippen LogP contribution in [0.5, 0.6) is 0 Å². The van der Waals surface area contributed by atoms with Gasteiger partial charge >= 0.3 is 0 Å². The maximum Gasteiger partial charge on any atom is 0.225 e. The highest BCUT2D eigenvalue weighted by Crippen LogP contribution is 2.32. The van der Waals surface area contributed by atoms with Crippen molar-refractivity contribution in [2.45, 2.75) is 38.9 Å². The highest BCUT2D eigenvalue weighted by Gasteiger charge is 2.44. The summed E-state index contributed by atoms with van der Waals surface area (Å²) in [5, 5.41) is 2.75. The Morgan fingerprint density at radius 2 is 2.24 bits per heavy atom. The first-order chi connectivity index (χ1) is 8.10. The van der Waals surface area contributed by atoms with Crippen molar-refractivity contribution in [3.63, 3.8) is 0 Å². The van der Waals surface area contributed by atoms with Crippen LogP contribution in [0, 0.1) is 11.8 Å². The molecular formula is C13H24N2O2. The third kappa shape index (κ3) is 2.99. The van der Waals surface area contributed by atoms with E-state index in [-0.39, 0.29) is 24.0 Å². The average molecular weight is 240 g/mol. The van der Waals surface area contributed by atoms with Gasteiger partial charge in [-0.15, -0.1) is 0 Å². The van der Waals surface area contributed by atoms with Gasteiger partial charge in [-0.25, -0.2) is 0 Å². The summed E-state index contributed by atoms with van der Waals surface area (Å²) in [6, 6.07) is 0. The van der Waals surface area contributed by atoms with Gasteiger partial charge < -0.3 is 10.1 Å². The van der Waals surface area contributed by atoms with Crippen LogP contribution in [-0.4, -0.2) is 49.7 Å². The van der Waals surface area contributed by atoms with Crippen LogP contribution in [0.2, 0.25) is 0 Å². The van der Waals surface area contributed by atoms with Gasteiger partial charge in [0.1, 0.15) is 0 Å². The highest BCUT2D eigenvalue weighted by molar-refractivity contribution is 5.79. The van der Waals surface area contributed by atoms with E-state index in [4.69, 9.17) is 4.74 Å². The predicted octanol–water partition coefficient (Wildman–Crippen LogP) is 0.868. The second kappa shape index (κ2) is 5.36. The summed E-state index contributed by atoms with van der Waals surface area (Å²) < 4.78 is 5.87. The zero-order valence-electron chi connectivity index (χ0n) is 11.1. The Morgan fingerprint density at radius 1 is 1.47 bits per heavy atom. The molecule has 0 aliphatic carbocycles. The number of amides is 1. The van der Waals surface area contributed by atoms with E-state index in [9.17, 15) is 4.79 Å². The van der Waals surface area contributed by atoms with Gasteiger partial charge in [0.25, 0.3) is 0 Å². The van der Waals surface area contributed by atoms with Crippen LogP contribution in [0.25, 0.3) is 0 Å². The van der Waals surface area contributed by atoms with E-state index in [2.05, 4.69) is 24.1 Å². The molecule has 0 aromatic rings. The van der Waals surface area contributed by atoms with Crippen molar-refractivity contribution in [1.29, 1.82) is 0 Å². The van der Waals surface area contributed by atoms with Crippen molar-refractivity contribution in [2.24, 2.45) is 11.8 Å². The zero-order valence-corrected chi connectivity index (χ0v) is 11.1. The minimum atomic E-state index is 0.0639. The Morgan fingerprint density at radius 3 is 2.88 bits per heavy atom. The molecule has 3 unspecified atom stereocenters. The molecule has 0 radical (unpaired) electrons. The van der Waals surface area contributed by atoms with E-state index in [1.165, 1.54) is 6.42 Å². The lowest BCUT2D eigenvalue weighted by Gasteiger charge is -2.33. The lowest BCUT2D eigenvalue weighted by atomic mass is 10.00. The van der Waals surface area contributed by atoms with Gasteiger partial charge in [-0.05, 0) is 25.3 Å². The molecular weight excluding hydrogens is 216 g/mol. The molecule has 2 heterocycles. The van der Waals surface area contributed by atoms with Crippen LogP contribution in [0.1, 0.15) is 26.7 Å². The van der Waals surface area contributed by atoms with Crippen molar-refractivity contribution in [2.75, 3.05) is 26.7 Å². The average Bonchev–Trinajstić information content (AvgIpc) is 2.61. The fraction of sp³-hybridized carbons (Fsp3) is 0.923. The summed E-state index contributed by atoms with van der Waals surface area (Å²) in [6.07, 6.45) is 2.50. The molecule has 0 aromatic carbocycles. The Kier molecular flexibility index (Phi) is 4.05. The van der Waals surface area contributed by atoms with E-state index in [0.717, 1.165) is 32.0 Å². The van der Waals surface area contributed by atoms with Gasteiger partial charge in [0.05, 0.1) is 18.1 Å². The number of carbonyl (C=O) groups excluding carboxylic acids is 1. The standard InChI is InChI=1S/C13H24N2O2/c1-9(2)4-5-15-7-10-6-11(13(16)14-3)12(8-15)17-10/h9-12H,4-8H2,1-3H3,(H,14,16). The number of hydrogen-bond donors (Lipinski definition) is 1. The number of ether oxygens (including phenoxy) is 1. The Hall–Kier alpha value is -0.610. The zero-order chi connectivity index (χ0) is 12.4. The fourth-order valence-electron chi connectivity index (χ4n) is 2.82. The lowest BCUT2D eigenvalue weighted by molar-refractivity contribution is -0.127. The van der Waals surface area contributed by atoms with Gasteiger partial charge in [0.2, 0.25) is 5.91 Å². The predicted molar refractivity (Wildman–Crippen MR) is 66.7 cm³/mol. The summed E-state index contributed by atoms with van der Waals surface area (Å²) in [7, 11) is 1.71. The molecule has 17 heavy (non-hydrogen) atoms. The number of rotatable bonds is 4. The van der Waals surface area contributed by atoms with E-state index in [1.54, 1.807) is 7.05 Å². The van der Waals surface area contributed by atoms with Crippen LogP contribution in [-0.2, 0) is 9.53 Å². The summed E-state index contributed by atoms with van der Waals surface area (Å²) in [5.74, 6) is 0.947. The molecule has 3 atom stereocenters. The number of carbonyl (C=O) groups is 1. The molecule has 2 bridgehead atoms. The summed E-state index contributed by atoms with van der Waals surface area (Å²) in [4.78, 5) is 14.2. The van der Waals surface area contributed by atoms with Crippen molar-refractivity contribution in [3.05, 3.63) is 0 Å². The van der Waals surface area contributed by atoms with E-state index >= 15 is 0 Å². The first-order valence-corrected chi connectivity index (χ1v) is 6.69. The minimum absolute atomic E-state index is 0.0639. The lowest BCUT2D eigenvalue weighted by Crippen LogP contribution is -2.45. The molecule has 2 aliphatic heterocycles.